The molecule has 32 heavy (non-hydrogen) atoms. The molecule has 4 nitrogen and oxygen atoms in total. The van der Waals surface area contributed by atoms with Crippen LogP contribution in [0.15, 0.2) is 72.9 Å². The predicted octanol–water partition coefficient (Wildman–Crippen LogP) is 5.65. The van der Waals surface area contributed by atoms with Gasteiger partial charge in [-0.3, -0.25) is 0 Å². The average molecular weight is 427 g/mol. The van der Waals surface area contributed by atoms with Crippen molar-refractivity contribution in [1.82, 2.24) is 9.47 Å². The predicted molar refractivity (Wildman–Crippen MR) is 130 cm³/mol. The fourth-order valence-electron chi connectivity index (χ4n) is 4.85. The highest BCUT2D eigenvalue weighted by Crippen LogP contribution is 2.32. The smallest absolute Gasteiger partial charge is 0.270 e. The molecule has 1 aliphatic rings. The summed E-state index contributed by atoms with van der Waals surface area (Å²) in [4.78, 5) is 2.04. The minimum Gasteiger partial charge on any atom is -0.449 e. The Morgan fingerprint density at radius 3 is 2.56 bits per heavy atom. The second kappa shape index (κ2) is 8.12. The number of ether oxygens (including phenoxy) is 1. The van der Waals surface area contributed by atoms with E-state index in [0.717, 1.165) is 24.1 Å². The monoisotopic (exact) mass is 426 g/mol. The molecule has 1 aromatic heterocycles. The summed E-state index contributed by atoms with van der Waals surface area (Å²) in [6.45, 7) is 5.56. The van der Waals surface area contributed by atoms with Crippen LogP contribution in [0.2, 0.25) is 0 Å². The molecule has 4 aromatic rings. The van der Waals surface area contributed by atoms with Crippen molar-refractivity contribution in [3.05, 3.63) is 89.6 Å². The minimum atomic E-state index is -1.34. The number of hydrogen-bond acceptors (Lipinski definition) is 3. The van der Waals surface area contributed by atoms with Crippen LogP contribution in [-0.2, 0) is 20.0 Å². The summed E-state index contributed by atoms with van der Waals surface area (Å²) in [7, 11) is 2.08. The Labute approximate surface area is 189 Å². The van der Waals surface area contributed by atoms with Gasteiger partial charge >= 0.3 is 0 Å². The molecular formula is C28H30N2O2. The summed E-state index contributed by atoms with van der Waals surface area (Å²) in [6, 6.07) is 23.0. The van der Waals surface area contributed by atoms with Crippen LogP contribution in [-0.4, -0.2) is 27.0 Å². The van der Waals surface area contributed by atoms with E-state index in [0.29, 0.717) is 18.7 Å². The quantitative estimate of drug-likeness (QED) is 0.419. The van der Waals surface area contributed by atoms with Gasteiger partial charge in [-0.25, -0.2) is 4.90 Å². The molecule has 0 radical (unpaired) electrons. The van der Waals surface area contributed by atoms with Crippen molar-refractivity contribution >= 4 is 10.9 Å². The third-order valence-corrected chi connectivity index (χ3v) is 6.72. The van der Waals surface area contributed by atoms with Crippen molar-refractivity contribution in [1.29, 1.82) is 0 Å². The van der Waals surface area contributed by atoms with Gasteiger partial charge in [0.05, 0.1) is 0 Å². The molecule has 5 rings (SSSR count). The van der Waals surface area contributed by atoms with E-state index in [4.69, 9.17) is 4.74 Å². The van der Waals surface area contributed by atoms with Crippen molar-refractivity contribution in [3.8, 4) is 16.9 Å². The van der Waals surface area contributed by atoms with Gasteiger partial charge in [-0.15, -0.1) is 0 Å². The Bertz CT molecular complexity index is 1280. The second-order valence-electron chi connectivity index (χ2n) is 8.82. The molecule has 1 N–H and O–H groups in total. The maximum atomic E-state index is 11.5. The molecule has 164 valence electrons. The van der Waals surface area contributed by atoms with E-state index in [-0.39, 0.29) is 0 Å². The van der Waals surface area contributed by atoms with Crippen LogP contribution in [0.1, 0.15) is 30.0 Å². The van der Waals surface area contributed by atoms with E-state index in [2.05, 4.69) is 73.3 Å². The van der Waals surface area contributed by atoms with E-state index in [1.807, 2.05) is 30.0 Å². The largest absolute Gasteiger partial charge is 0.449 e. The van der Waals surface area contributed by atoms with E-state index in [1.165, 1.54) is 27.6 Å². The molecular weight excluding hydrogens is 396 g/mol. The van der Waals surface area contributed by atoms with E-state index in [1.54, 1.807) is 0 Å². The van der Waals surface area contributed by atoms with Gasteiger partial charge < -0.3 is 14.4 Å². The van der Waals surface area contributed by atoms with Gasteiger partial charge in [-0.2, -0.15) is 0 Å². The topological polar surface area (TPSA) is 37.6 Å². The summed E-state index contributed by atoms with van der Waals surface area (Å²) in [6.07, 6.45) is 3.55. The standard InChI is InChI=1S/C28H30N2O2/c1-4-28(31,30-15-14-21-8-5-6-9-24(21)19-30)32-25-11-7-10-22(16-25)23-12-13-26-20(2)18-29(3)27(26)17-23/h5-13,16-18,31H,4,14-15,19H2,1-3H3. The number of benzene rings is 3. The van der Waals surface area contributed by atoms with Crippen LogP contribution in [0.5, 0.6) is 5.75 Å². The van der Waals surface area contributed by atoms with E-state index < -0.39 is 5.91 Å². The van der Waals surface area contributed by atoms with Crippen molar-refractivity contribution in [2.45, 2.75) is 39.1 Å². The lowest BCUT2D eigenvalue weighted by Gasteiger charge is -2.41. The highest BCUT2D eigenvalue weighted by atomic mass is 16.6. The molecule has 0 saturated carbocycles. The first kappa shape index (κ1) is 20.8. The normalized spacial score (nSPS) is 16.0. The zero-order chi connectivity index (χ0) is 22.3. The van der Waals surface area contributed by atoms with Gasteiger partial charge in [0.15, 0.2) is 0 Å². The molecule has 0 spiro atoms. The molecule has 1 atom stereocenters. The third kappa shape index (κ3) is 3.70. The summed E-state index contributed by atoms with van der Waals surface area (Å²) in [5, 5.41) is 12.7. The zero-order valence-electron chi connectivity index (χ0n) is 19.0. The van der Waals surface area contributed by atoms with Crippen molar-refractivity contribution < 1.29 is 9.84 Å². The van der Waals surface area contributed by atoms with E-state index >= 15 is 0 Å². The van der Waals surface area contributed by atoms with Gasteiger partial charge in [0.25, 0.3) is 5.91 Å². The SMILES string of the molecule is CCC(O)(Oc1cccc(-c2ccc3c(C)cn(C)c3c2)c1)N1CCc2ccccc2C1. The van der Waals surface area contributed by atoms with Gasteiger partial charge in [0.2, 0.25) is 0 Å². The first-order valence-corrected chi connectivity index (χ1v) is 11.4. The summed E-state index contributed by atoms with van der Waals surface area (Å²) in [5.41, 5.74) is 7.32. The van der Waals surface area contributed by atoms with Crippen LogP contribution >= 0.6 is 0 Å². The number of aliphatic hydroxyl groups is 1. The highest BCUT2D eigenvalue weighted by molar-refractivity contribution is 5.88. The lowest BCUT2D eigenvalue weighted by Crippen LogP contribution is -2.54. The van der Waals surface area contributed by atoms with Gasteiger partial charge in [0.1, 0.15) is 5.75 Å². The Morgan fingerprint density at radius 2 is 1.75 bits per heavy atom. The summed E-state index contributed by atoms with van der Waals surface area (Å²) < 4.78 is 8.42. The number of rotatable bonds is 5. The number of nitrogens with zero attached hydrogens (tertiary/aromatic N) is 2. The van der Waals surface area contributed by atoms with Crippen LogP contribution in [0, 0.1) is 6.92 Å². The fraction of sp³-hybridized carbons (Fsp3) is 0.286. The van der Waals surface area contributed by atoms with Gasteiger partial charge in [-0.1, -0.05) is 55.5 Å². The molecule has 0 aliphatic carbocycles. The highest BCUT2D eigenvalue weighted by Gasteiger charge is 2.37. The molecule has 1 aliphatic heterocycles. The Balaban J connectivity index is 1.42. The summed E-state index contributed by atoms with van der Waals surface area (Å²) >= 11 is 0. The first-order chi connectivity index (χ1) is 15.5. The van der Waals surface area contributed by atoms with Crippen molar-refractivity contribution in [2.24, 2.45) is 7.05 Å². The average Bonchev–Trinajstić information content (AvgIpc) is 3.11. The van der Waals surface area contributed by atoms with Crippen molar-refractivity contribution in [2.75, 3.05) is 6.54 Å². The zero-order valence-corrected chi connectivity index (χ0v) is 19.0. The Kier molecular flexibility index (Phi) is 5.28. The molecule has 0 fully saturated rings. The summed E-state index contributed by atoms with van der Waals surface area (Å²) in [5.74, 6) is -0.667. The van der Waals surface area contributed by atoms with Gasteiger partial charge in [0, 0.05) is 43.7 Å². The maximum Gasteiger partial charge on any atom is 0.270 e. The lowest BCUT2D eigenvalue weighted by atomic mass is 9.99. The van der Waals surface area contributed by atoms with Crippen LogP contribution in [0.3, 0.4) is 0 Å². The molecule has 0 bridgehead atoms. The first-order valence-electron chi connectivity index (χ1n) is 11.4. The number of hydrogen-bond donors (Lipinski definition) is 1. The van der Waals surface area contributed by atoms with E-state index in [9.17, 15) is 5.11 Å². The fourth-order valence-corrected chi connectivity index (χ4v) is 4.85. The van der Waals surface area contributed by atoms with Crippen LogP contribution in [0.25, 0.3) is 22.0 Å². The molecule has 3 aromatic carbocycles. The van der Waals surface area contributed by atoms with Crippen LogP contribution in [0.4, 0.5) is 0 Å². The lowest BCUT2D eigenvalue weighted by molar-refractivity contribution is -0.250. The maximum absolute atomic E-state index is 11.5. The Hall–Kier alpha value is -3.08. The number of aromatic nitrogens is 1. The minimum absolute atomic E-state index is 0.480. The van der Waals surface area contributed by atoms with Crippen LogP contribution < -0.4 is 4.74 Å². The molecule has 1 unspecified atom stereocenters. The number of fused-ring (bicyclic) bond motifs is 2. The molecule has 0 amide bonds. The molecule has 0 saturated heterocycles. The molecule has 4 heteroatoms. The van der Waals surface area contributed by atoms with Crippen molar-refractivity contribution in [3.63, 3.8) is 0 Å². The Morgan fingerprint density at radius 1 is 0.969 bits per heavy atom. The number of aryl methyl sites for hydroxylation is 2. The van der Waals surface area contributed by atoms with Gasteiger partial charge in [-0.05, 0) is 59.4 Å². The third-order valence-electron chi connectivity index (χ3n) is 6.72. The second-order valence-corrected chi connectivity index (χ2v) is 8.82. The molecule has 2 heterocycles.